The van der Waals surface area contributed by atoms with Crippen LogP contribution < -0.4 is 20.1 Å². The minimum Gasteiger partial charge on any atom is -0.493 e. The van der Waals surface area contributed by atoms with Crippen molar-refractivity contribution in [3.63, 3.8) is 0 Å². The third kappa shape index (κ3) is 6.12. The average molecular weight is 335 g/mol. The topological polar surface area (TPSA) is 64.1 Å². The lowest BCUT2D eigenvalue weighted by Gasteiger charge is -2.16. The van der Waals surface area contributed by atoms with Crippen molar-refractivity contribution in [1.82, 2.24) is 10.6 Å². The van der Waals surface area contributed by atoms with Gasteiger partial charge in [0.1, 0.15) is 0 Å². The molecule has 0 unspecified atom stereocenters. The highest BCUT2D eigenvalue weighted by atomic mass is 16.5. The number of guanidine groups is 1. The fourth-order valence-corrected chi connectivity index (χ4v) is 2.31. The van der Waals surface area contributed by atoms with Gasteiger partial charge in [0, 0.05) is 32.3 Å². The van der Waals surface area contributed by atoms with Crippen LogP contribution in [0.3, 0.4) is 0 Å². The molecule has 0 radical (unpaired) electrons. The van der Waals surface area contributed by atoms with E-state index < -0.39 is 0 Å². The van der Waals surface area contributed by atoms with E-state index in [0.29, 0.717) is 38.5 Å². The van der Waals surface area contributed by atoms with E-state index in [1.54, 1.807) is 21.3 Å². The maximum Gasteiger partial charge on any atom is 0.191 e. The smallest absolute Gasteiger partial charge is 0.191 e. The van der Waals surface area contributed by atoms with Gasteiger partial charge in [0.15, 0.2) is 17.5 Å². The van der Waals surface area contributed by atoms with Crippen LogP contribution in [0.4, 0.5) is 0 Å². The molecule has 0 atom stereocenters. The second-order valence-corrected chi connectivity index (χ2v) is 5.03. The number of ether oxygens (including phenoxy) is 3. The number of nitrogens with one attached hydrogen (secondary N) is 2. The van der Waals surface area contributed by atoms with Gasteiger partial charge in [-0.2, -0.15) is 0 Å². The molecule has 0 aromatic heterocycles. The van der Waals surface area contributed by atoms with Crippen molar-refractivity contribution in [3.8, 4) is 11.5 Å². The molecule has 0 amide bonds. The van der Waals surface area contributed by atoms with Crippen molar-refractivity contribution in [2.75, 3.05) is 41.0 Å². The van der Waals surface area contributed by atoms with Crippen molar-refractivity contribution in [1.29, 1.82) is 0 Å². The van der Waals surface area contributed by atoms with Crippen molar-refractivity contribution in [2.45, 2.75) is 19.9 Å². The Hall–Kier alpha value is -2.21. The summed E-state index contributed by atoms with van der Waals surface area (Å²) in [5.74, 6) is 2.20. The first kappa shape index (κ1) is 19.8. The monoisotopic (exact) mass is 335 g/mol. The summed E-state index contributed by atoms with van der Waals surface area (Å²) >= 11 is 0. The Balaban J connectivity index is 2.75. The molecule has 0 bridgehead atoms. The van der Waals surface area contributed by atoms with E-state index in [9.17, 15) is 0 Å². The molecular formula is C18H29N3O3. The molecule has 6 nitrogen and oxygen atoms in total. The van der Waals surface area contributed by atoms with Crippen LogP contribution in [0.1, 0.15) is 18.1 Å². The number of rotatable bonds is 10. The van der Waals surface area contributed by atoms with E-state index in [1.807, 2.05) is 19.1 Å². The number of benzene rings is 1. The maximum absolute atomic E-state index is 5.45. The number of aliphatic imine (C=N–C) groups is 1. The van der Waals surface area contributed by atoms with Crippen LogP contribution in [0.2, 0.25) is 0 Å². The zero-order valence-corrected chi connectivity index (χ0v) is 15.1. The standard InChI is InChI=1S/C18H29N3O3/c1-6-8-15-11-14(12-16(22-4)17(15)23-5)13-21-18(19-3)20-9-10-24-7-2/h6,11-12H,1,7-10,13H2,2-5H3,(H2,19,20,21). The summed E-state index contributed by atoms with van der Waals surface area (Å²) in [5, 5.41) is 6.49. The van der Waals surface area contributed by atoms with Crippen LogP contribution in [0.25, 0.3) is 0 Å². The molecule has 24 heavy (non-hydrogen) atoms. The largest absolute Gasteiger partial charge is 0.493 e. The van der Waals surface area contributed by atoms with Gasteiger partial charge in [-0.3, -0.25) is 4.99 Å². The van der Waals surface area contributed by atoms with E-state index in [0.717, 1.165) is 22.8 Å². The highest BCUT2D eigenvalue weighted by Crippen LogP contribution is 2.33. The fraction of sp³-hybridized carbons (Fsp3) is 0.500. The summed E-state index contributed by atoms with van der Waals surface area (Å²) in [6.45, 7) is 8.47. The number of methoxy groups -OCH3 is 2. The zero-order chi connectivity index (χ0) is 17.8. The van der Waals surface area contributed by atoms with Gasteiger partial charge in [0.25, 0.3) is 0 Å². The quantitative estimate of drug-likeness (QED) is 0.297. The van der Waals surface area contributed by atoms with Crippen molar-refractivity contribution < 1.29 is 14.2 Å². The lowest BCUT2D eigenvalue weighted by atomic mass is 10.1. The van der Waals surface area contributed by atoms with Gasteiger partial charge >= 0.3 is 0 Å². The van der Waals surface area contributed by atoms with Gasteiger partial charge in [0.2, 0.25) is 0 Å². The first-order chi connectivity index (χ1) is 11.7. The Bertz CT molecular complexity index is 545. The molecule has 134 valence electrons. The average Bonchev–Trinajstić information content (AvgIpc) is 2.61. The molecule has 0 saturated heterocycles. The molecule has 0 saturated carbocycles. The minimum absolute atomic E-state index is 0.624. The van der Waals surface area contributed by atoms with E-state index in [-0.39, 0.29) is 0 Å². The fourth-order valence-electron chi connectivity index (χ4n) is 2.31. The van der Waals surface area contributed by atoms with Gasteiger partial charge in [-0.25, -0.2) is 0 Å². The lowest BCUT2D eigenvalue weighted by molar-refractivity contribution is 0.152. The molecule has 0 aliphatic rings. The molecule has 1 rings (SSSR count). The molecule has 0 heterocycles. The number of nitrogens with zero attached hydrogens (tertiary/aromatic N) is 1. The SMILES string of the molecule is C=CCc1cc(CNC(=NC)NCCOCC)cc(OC)c1OC. The number of hydrogen-bond acceptors (Lipinski definition) is 4. The molecule has 0 aliphatic heterocycles. The van der Waals surface area contributed by atoms with E-state index >= 15 is 0 Å². The summed E-state index contributed by atoms with van der Waals surface area (Å²) < 4.78 is 16.2. The highest BCUT2D eigenvalue weighted by Gasteiger charge is 2.11. The van der Waals surface area contributed by atoms with Crippen molar-refractivity contribution in [2.24, 2.45) is 4.99 Å². The van der Waals surface area contributed by atoms with Gasteiger partial charge in [-0.1, -0.05) is 6.08 Å². The molecular weight excluding hydrogens is 306 g/mol. The van der Waals surface area contributed by atoms with Gasteiger partial charge in [0.05, 0.1) is 20.8 Å². The Morgan fingerprint density at radius 3 is 2.62 bits per heavy atom. The molecule has 0 aliphatic carbocycles. The Morgan fingerprint density at radius 2 is 2.04 bits per heavy atom. The Labute approximate surface area is 144 Å². The molecule has 0 fully saturated rings. The van der Waals surface area contributed by atoms with Crippen LogP contribution >= 0.6 is 0 Å². The summed E-state index contributed by atoms with van der Waals surface area (Å²) in [7, 11) is 5.03. The summed E-state index contributed by atoms with van der Waals surface area (Å²) in [5.41, 5.74) is 2.13. The predicted octanol–water partition coefficient (Wildman–Crippen LogP) is 2.13. The normalized spacial score (nSPS) is 11.1. The Morgan fingerprint density at radius 1 is 1.25 bits per heavy atom. The van der Waals surface area contributed by atoms with E-state index in [1.165, 1.54) is 0 Å². The maximum atomic E-state index is 5.45. The summed E-state index contributed by atoms with van der Waals surface area (Å²) in [6.07, 6.45) is 2.57. The second-order valence-electron chi connectivity index (χ2n) is 5.03. The van der Waals surface area contributed by atoms with Crippen LogP contribution in [0.5, 0.6) is 11.5 Å². The highest BCUT2D eigenvalue weighted by molar-refractivity contribution is 5.79. The summed E-state index contributed by atoms with van der Waals surface area (Å²) in [4.78, 5) is 4.20. The predicted molar refractivity (Wildman–Crippen MR) is 98.1 cm³/mol. The third-order valence-corrected chi connectivity index (χ3v) is 3.41. The van der Waals surface area contributed by atoms with Crippen LogP contribution in [-0.2, 0) is 17.7 Å². The first-order valence-electron chi connectivity index (χ1n) is 8.07. The van der Waals surface area contributed by atoms with Gasteiger partial charge < -0.3 is 24.8 Å². The van der Waals surface area contributed by atoms with Gasteiger partial charge in [-0.05, 0) is 31.0 Å². The van der Waals surface area contributed by atoms with Crippen molar-refractivity contribution >= 4 is 5.96 Å². The minimum atomic E-state index is 0.624. The van der Waals surface area contributed by atoms with Crippen LogP contribution in [0, 0.1) is 0 Å². The zero-order valence-electron chi connectivity index (χ0n) is 15.1. The van der Waals surface area contributed by atoms with Crippen molar-refractivity contribution in [3.05, 3.63) is 35.9 Å². The van der Waals surface area contributed by atoms with E-state index in [2.05, 4.69) is 28.3 Å². The lowest BCUT2D eigenvalue weighted by Crippen LogP contribution is -2.38. The molecule has 2 N–H and O–H groups in total. The van der Waals surface area contributed by atoms with Gasteiger partial charge in [-0.15, -0.1) is 6.58 Å². The van der Waals surface area contributed by atoms with E-state index in [4.69, 9.17) is 14.2 Å². The first-order valence-corrected chi connectivity index (χ1v) is 8.07. The third-order valence-electron chi connectivity index (χ3n) is 3.41. The Kier molecular flexibility index (Phi) is 9.38. The molecule has 6 heteroatoms. The van der Waals surface area contributed by atoms with Crippen LogP contribution in [0.15, 0.2) is 29.8 Å². The second kappa shape index (κ2) is 11.3. The number of allylic oxidation sites excluding steroid dienone is 1. The number of hydrogen-bond donors (Lipinski definition) is 2. The molecule has 1 aromatic rings. The summed E-state index contributed by atoms with van der Waals surface area (Å²) in [6, 6.07) is 4.05. The van der Waals surface area contributed by atoms with Crippen LogP contribution in [-0.4, -0.2) is 47.0 Å². The molecule has 0 spiro atoms. The molecule has 1 aromatic carbocycles.